The van der Waals surface area contributed by atoms with Gasteiger partial charge in [0.05, 0.1) is 8.24 Å². The van der Waals surface area contributed by atoms with Crippen LogP contribution in [0.5, 0.6) is 0 Å². The molecule has 0 N–H and O–H groups in total. The van der Waals surface area contributed by atoms with E-state index in [-0.39, 0.29) is 27.8 Å². The molecule has 0 unspecified atom stereocenters. The molecule has 0 saturated heterocycles. The van der Waals surface area contributed by atoms with Gasteiger partial charge in [0.15, 0.2) is 0 Å². The minimum Gasteiger partial charge on any atom is -0.499 e. The molecule has 0 aromatic carbocycles. The molecule has 10 heavy (non-hydrogen) atoms. The molecule has 0 aliphatic carbocycles. The van der Waals surface area contributed by atoms with Crippen LogP contribution in [-0.4, -0.2) is 28.5 Å². The minimum absolute atomic E-state index is 0. The fourth-order valence-electron chi connectivity index (χ4n) is 0.671. The van der Waals surface area contributed by atoms with Crippen molar-refractivity contribution >= 4 is 17.2 Å². The first-order valence-electron chi connectivity index (χ1n) is 3.39. The van der Waals surface area contributed by atoms with Crippen LogP contribution in [0.4, 0.5) is 0 Å². The van der Waals surface area contributed by atoms with Crippen LogP contribution in [0, 0.1) is 0 Å². The normalized spacial score (nSPS) is 12.0. The molecular formula is C6H18LiNSi2. The number of hydrogen-bond donors (Lipinski definition) is 0. The van der Waals surface area contributed by atoms with Gasteiger partial charge in [0.2, 0.25) is 0 Å². The maximum atomic E-state index is 2.59. The molecule has 0 aliphatic heterocycles. The van der Waals surface area contributed by atoms with Gasteiger partial charge in [-0.1, -0.05) is 26.7 Å². The maximum absolute atomic E-state index is 2.59. The van der Waals surface area contributed by atoms with Gasteiger partial charge < -0.3 is 4.23 Å². The van der Waals surface area contributed by atoms with Gasteiger partial charge in [-0.05, 0) is 0 Å². The first-order chi connectivity index (χ1) is 3.85. The Kier molecular flexibility index (Phi) is 6.50. The molecule has 1 nitrogen and oxygen atoms in total. The third-order valence-electron chi connectivity index (χ3n) is 1.68. The molecule has 0 aliphatic rings. The van der Waals surface area contributed by atoms with Crippen molar-refractivity contribution in [1.29, 1.82) is 0 Å². The summed E-state index contributed by atoms with van der Waals surface area (Å²) in [5, 5.41) is 0. The largest absolute Gasteiger partial charge is 1.00 e. The fourth-order valence-corrected chi connectivity index (χ4v) is 6.04. The van der Waals surface area contributed by atoms with Crippen LogP contribution in [0.15, 0.2) is 0 Å². The summed E-state index contributed by atoms with van der Waals surface area (Å²) in [4.78, 5) is 0. The molecule has 0 fully saturated rings. The predicted octanol–water partition coefficient (Wildman–Crippen LogP) is -0.992. The summed E-state index contributed by atoms with van der Waals surface area (Å²) in [6.45, 7) is 11.9. The van der Waals surface area contributed by atoms with Gasteiger partial charge in [-0.3, -0.25) is 0 Å². The van der Waals surface area contributed by atoms with Crippen LogP contribution in [-0.2, 0) is 0 Å². The molecule has 0 amide bonds. The molecule has 0 aromatic heterocycles. The summed E-state index contributed by atoms with van der Waals surface area (Å²) >= 11 is 0. The second kappa shape index (κ2) is 4.79. The average Bonchev–Trinajstić information content (AvgIpc) is 1.62. The first-order valence-corrected chi connectivity index (χ1v) is 9.29. The Hall–Kier alpha value is 0.991. The third kappa shape index (κ3) is 4.75. The van der Waals surface area contributed by atoms with Gasteiger partial charge in [-0.15, -0.1) is 0 Å². The summed E-state index contributed by atoms with van der Waals surface area (Å²) in [6, 6.07) is 0. The van der Waals surface area contributed by atoms with E-state index in [1.165, 1.54) is 0 Å². The standard InChI is InChI=1S/C6H18NSi2.Li/c1-7(8(2)3)9(4,5)6;/h1-6H3;/q-1;+1. The zero-order chi connectivity index (χ0) is 7.65. The van der Waals surface area contributed by atoms with E-state index >= 15 is 0 Å². The number of hydrogen-bond acceptors (Lipinski definition) is 1. The summed E-state index contributed by atoms with van der Waals surface area (Å²) < 4.78 is 2.59. The van der Waals surface area contributed by atoms with E-state index in [4.69, 9.17) is 0 Å². The van der Waals surface area contributed by atoms with E-state index in [9.17, 15) is 0 Å². The van der Waals surface area contributed by atoms with Gasteiger partial charge in [0.1, 0.15) is 0 Å². The zero-order valence-corrected chi connectivity index (χ0v) is 10.4. The summed E-state index contributed by atoms with van der Waals surface area (Å²) in [5.41, 5.74) is 0. The fraction of sp³-hybridized carbons (Fsp3) is 1.00. The molecule has 0 spiro atoms. The predicted molar refractivity (Wildman–Crippen MR) is 48.6 cm³/mol. The smallest absolute Gasteiger partial charge is 0.499 e. The monoisotopic (exact) mass is 167 g/mol. The van der Waals surface area contributed by atoms with Crippen molar-refractivity contribution in [2.75, 3.05) is 7.05 Å². The van der Waals surface area contributed by atoms with Crippen LogP contribution in [0.3, 0.4) is 0 Å². The molecule has 56 valence electrons. The number of nitrogens with zero attached hydrogens (tertiary/aromatic N) is 1. The molecule has 0 saturated carbocycles. The van der Waals surface area contributed by atoms with Crippen molar-refractivity contribution in [2.45, 2.75) is 32.7 Å². The van der Waals surface area contributed by atoms with E-state index in [0.717, 1.165) is 0 Å². The average molecular weight is 167 g/mol. The molecule has 0 bridgehead atoms. The van der Waals surface area contributed by atoms with Crippen molar-refractivity contribution < 1.29 is 18.9 Å². The summed E-state index contributed by atoms with van der Waals surface area (Å²) in [7, 11) is 1.14. The van der Waals surface area contributed by atoms with Crippen molar-refractivity contribution in [3.63, 3.8) is 0 Å². The summed E-state index contributed by atoms with van der Waals surface area (Å²) in [6.07, 6.45) is 0. The maximum Gasteiger partial charge on any atom is 1.00 e. The molecule has 0 rings (SSSR count). The van der Waals surface area contributed by atoms with Gasteiger partial charge in [-0.25, -0.2) is 0 Å². The van der Waals surface area contributed by atoms with Crippen LogP contribution >= 0.6 is 0 Å². The Morgan fingerprint density at radius 2 is 1.40 bits per heavy atom. The van der Waals surface area contributed by atoms with E-state index in [1.807, 2.05) is 0 Å². The van der Waals surface area contributed by atoms with Crippen molar-refractivity contribution in [3.8, 4) is 0 Å². The van der Waals surface area contributed by atoms with Gasteiger partial charge >= 0.3 is 18.9 Å². The first kappa shape index (κ1) is 13.6. The Morgan fingerprint density at radius 1 is 1.10 bits per heavy atom. The van der Waals surface area contributed by atoms with Crippen molar-refractivity contribution in [2.24, 2.45) is 0 Å². The second-order valence-corrected chi connectivity index (χ2v) is 11.7. The molecule has 0 atom stereocenters. The molecular weight excluding hydrogens is 149 g/mol. The minimum atomic E-state index is -0.945. The Labute approximate surface area is 80.1 Å². The van der Waals surface area contributed by atoms with Gasteiger partial charge in [0, 0.05) is 0 Å². The second-order valence-electron chi connectivity index (χ2n) is 3.68. The van der Waals surface area contributed by atoms with Crippen molar-refractivity contribution in [3.05, 3.63) is 0 Å². The quantitative estimate of drug-likeness (QED) is 0.477. The third-order valence-corrected chi connectivity index (χ3v) is 8.39. The van der Waals surface area contributed by atoms with E-state index < -0.39 is 8.24 Å². The van der Waals surface area contributed by atoms with Crippen LogP contribution in [0.1, 0.15) is 0 Å². The van der Waals surface area contributed by atoms with E-state index in [0.29, 0.717) is 0 Å². The Morgan fingerprint density at radius 3 is 1.40 bits per heavy atom. The van der Waals surface area contributed by atoms with E-state index in [2.05, 4.69) is 44.0 Å². The molecule has 4 heteroatoms. The van der Waals surface area contributed by atoms with Gasteiger partial charge in [0.25, 0.3) is 0 Å². The molecule has 0 heterocycles. The van der Waals surface area contributed by atoms with Crippen molar-refractivity contribution in [1.82, 2.24) is 4.23 Å². The zero-order valence-electron chi connectivity index (χ0n) is 8.45. The summed E-state index contributed by atoms with van der Waals surface area (Å²) in [5.74, 6) is 0. The van der Waals surface area contributed by atoms with E-state index in [1.54, 1.807) is 0 Å². The topological polar surface area (TPSA) is 3.24 Å². The van der Waals surface area contributed by atoms with Crippen LogP contribution in [0.25, 0.3) is 0 Å². The molecule has 0 aromatic rings. The SMILES string of the molecule is CN([Si-](C)C)[Si](C)(C)C.[Li+]. The number of rotatable bonds is 2. The molecule has 0 radical (unpaired) electrons. The van der Waals surface area contributed by atoms with Crippen LogP contribution < -0.4 is 18.9 Å². The Bertz CT molecular complexity index is 90.2. The van der Waals surface area contributed by atoms with Gasteiger partial charge in [-0.2, -0.15) is 22.1 Å². The van der Waals surface area contributed by atoms with Crippen LogP contribution in [0.2, 0.25) is 32.7 Å². The Balaban J connectivity index is 0.